The Morgan fingerprint density at radius 3 is 2.50 bits per heavy atom. The van der Waals surface area contributed by atoms with Gasteiger partial charge in [0.1, 0.15) is 5.60 Å². The van der Waals surface area contributed by atoms with Crippen LogP contribution in [0.25, 0.3) is 0 Å². The standard InChI is InChI=1S/C13H27N3O2/c1-10(2)6-8-15-12(14)16-9-7-11(17)18-13(3,4)5/h10H,6-9H2,1-5H3,(H3,14,15,16). The molecule has 0 fully saturated rings. The lowest BCUT2D eigenvalue weighted by molar-refractivity contribution is -0.154. The van der Waals surface area contributed by atoms with Crippen molar-refractivity contribution in [1.29, 1.82) is 0 Å². The maximum absolute atomic E-state index is 11.4. The Bertz CT molecular complexity index is 280. The number of rotatable bonds is 6. The Morgan fingerprint density at radius 2 is 2.00 bits per heavy atom. The molecule has 0 saturated carbocycles. The Morgan fingerprint density at radius 1 is 1.39 bits per heavy atom. The third kappa shape index (κ3) is 11.2. The first-order valence-electron chi connectivity index (χ1n) is 6.46. The minimum atomic E-state index is -0.437. The normalized spacial score (nSPS) is 12.7. The second-order valence-electron chi connectivity index (χ2n) is 5.71. The molecule has 3 N–H and O–H groups in total. The SMILES string of the molecule is CC(C)CCN=C(N)NCCC(=O)OC(C)(C)C. The van der Waals surface area contributed by atoms with Crippen LogP contribution in [0.2, 0.25) is 0 Å². The van der Waals surface area contributed by atoms with Crippen LogP contribution in [0.15, 0.2) is 4.99 Å². The number of nitrogens with two attached hydrogens (primary N) is 1. The maximum atomic E-state index is 11.4. The highest BCUT2D eigenvalue weighted by molar-refractivity contribution is 5.78. The van der Waals surface area contributed by atoms with Crippen LogP contribution < -0.4 is 11.1 Å². The van der Waals surface area contributed by atoms with Crippen molar-refractivity contribution in [1.82, 2.24) is 5.32 Å². The second kappa shape index (κ2) is 7.95. The largest absolute Gasteiger partial charge is 0.460 e. The number of aliphatic imine (C=N–C) groups is 1. The van der Waals surface area contributed by atoms with Crippen LogP contribution in [0.1, 0.15) is 47.5 Å². The molecule has 0 aromatic heterocycles. The minimum absolute atomic E-state index is 0.231. The maximum Gasteiger partial charge on any atom is 0.308 e. The summed E-state index contributed by atoms with van der Waals surface area (Å²) < 4.78 is 5.17. The first-order valence-corrected chi connectivity index (χ1v) is 6.46. The van der Waals surface area contributed by atoms with Crippen LogP contribution in [-0.2, 0) is 9.53 Å². The number of guanidine groups is 1. The van der Waals surface area contributed by atoms with Gasteiger partial charge in [0.2, 0.25) is 0 Å². The molecule has 0 spiro atoms. The Balaban J connectivity index is 3.74. The van der Waals surface area contributed by atoms with Gasteiger partial charge in [-0.1, -0.05) is 13.8 Å². The van der Waals surface area contributed by atoms with Crippen molar-refractivity contribution in [2.24, 2.45) is 16.6 Å². The van der Waals surface area contributed by atoms with Gasteiger partial charge in [0.15, 0.2) is 5.96 Å². The van der Waals surface area contributed by atoms with E-state index in [0.717, 1.165) is 6.42 Å². The van der Waals surface area contributed by atoms with E-state index in [1.165, 1.54) is 0 Å². The van der Waals surface area contributed by atoms with E-state index in [4.69, 9.17) is 10.5 Å². The predicted octanol–water partition coefficient (Wildman–Crippen LogP) is 1.67. The molecule has 18 heavy (non-hydrogen) atoms. The lowest BCUT2D eigenvalue weighted by atomic mass is 10.1. The molecule has 0 saturated heterocycles. The van der Waals surface area contributed by atoms with Crippen molar-refractivity contribution in [3.8, 4) is 0 Å². The smallest absolute Gasteiger partial charge is 0.308 e. The van der Waals surface area contributed by atoms with Gasteiger partial charge in [-0.05, 0) is 33.1 Å². The molecular weight excluding hydrogens is 230 g/mol. The number of carbonyl (C=O) groups excluding carboxylic acids is 1. The number of hydrogen-bond acceptors (Lipinski definition) is 3. The lowest BCUT2D eigenvalue weighted by Crippen LogP contribution is -2.34. The molecule has 0 rings (SSSR count). The highest BCUT2D eigenvalue weighted by Gasteiger charge is 2.15. The zero-order chi connectivity index (χ0) is 14.2. The molecule has 0 aliphatic rings. The summed E-state index contributed by atoms with van der Waals surface area (Å²) in [4.78, 5) is 15.6. The Hall–Kier alpha value is -1.26. The molecule has 0 bridgehead atoms. The molecule has 0 heterocycles. The number of esters is 1. The first-order chi connectivity index (χ1) is 8.20. The van der Waals surface area contributed by atoms with Gasteiger partial charge < -0.3 is 15.8 Å². The summed E-state index contributed by atoms with van der Waals surface area (Å²) in [5, 5.41) is 2.90. The number of hydrogen-bond donors (Lipinski definition) is 2. The van der Waals surface area contributed by atoms with E-state index in [-0.39, 0.29) is 12.4 Å². The van der Waals surface area contributed by atoms with Crippen molar-refractivity contribution in [3.63, 3.8) is 0 Å². The molecule has 5 nitrogen and oxygen atoms in total. The summed E-state index contributed by atoms with van der Waals surface area (Å²) in [6.07, 6.45) is 1.30. The molecule has 0 radical (unpaired) electrons. The molecule has 106 valence electrons. The van der Waals surface area contributed by atoms with Crippen LogP contribution in [0.5, 0.6) is 0 Å². The van der Waals surface area contributed by atoms with Gasteiger partial charge in [-0.15, -0.1) is 0 Å². The van der Waals surface area contributed by atoms with E-state index in [9.17, 15) is 4.79 Å². The van der Waals surface area contributed by atoms with E-state index in [0.29, 0.717) is 25.0 Å². The second-order valence-corrected chi connectivity index (χ2v) is 5.71. The van der Waals surface area contributed by atoms with Crippen molar-refractivity contribution in [2.75, 3.05) is 13.1 Å². The van der Waals surface area contributed by atoms with Gasteiger partial charge in [-0.2, -0.15) is 0 Å². The summed E-state index contributed by atoms with van der Waals surface area (Å²) in [5.74, 6) is 0.771. The van der Waals surface area contributed by atoms with Crippen LogP contribution in [0.4, 0.5) is 0 Å². The Kier molecular flexibility index (Phi) is 7.39. The fourth-order valence-electron chi connectivity index (χ4n) is 1.18. The third-order valence-corrected chi connectivity index (χ3v) is 2.04. The van der Waals surface area contributed by atoms with Gasteiger partial charge in [0.05, 0.1) is 6.42 Å². The summed E-state index contributed by atoms with van der Waals surface area (Å²) in [6.45, 7) is 11.0. The number of nitrogens with one attached hydrogen (secondary N) is 1. The van der Waals surface area contributed by atoms with E-state index >= 15 is 0 Å². The van der Waals surface area contributed by atoms with Gasteiger partial charge in [-0.25, -0.2) is 0 Å². The summed E-state index contributed by atoms with van der Waals surface area (Å²) in [6, 6.07) is 0. The zero-order valence-corrected chi connectivity index (χ0v) is 12.2. The van der Waals surface area contributed by atoms with Crippen LogP contribution in [0.3, 0.4) is 0 Å². The lowest BCUT2D eigenvalue weighted by Gasteiger charge is -2.19. The van der Waals surface area contributed by atoms with Gasteiger partial charge >= 0.3 is 5.97 Å². The predicted molar refractivity (Wildman–Crippen MR) is 74.4 cm³/mol. The van der Waals surface area contributed by atoms with E-state index < -0.39 is 5.60 Å². The Labute approximate surface area is 110 Å². The highest BCUT2D eigenvalue weighted by Crippen LogP contribution is 2.07. The molecule has 0 aliphatic heterocycles. The van der Waals surface area contributed by atoms with Crippen LogP contribution in [-0.4, -0.2) is 30.6 Å². The van der Waals surface area contributed by atoms with Crippen molar-refractivity contribution < 1.29 is 9.53 Å². The number of nitrogens with zero attached hydrogens (tertiary/aromatic N) is 1. The fraction of sp³-hybridized carbons (Fsp3) is 0.846. The monoisotopic (exact) mass is 257 g/mol. The quantitative estimate of drug-likeness (QED) is 0.431. The van der Waals surface area contributed by atoms with E-state index in [1.807, 2.05) is 20.8 Å². The number of ether oxygens (including phenoxy) is 1. The molecule has 0 atom stereocenters. The molecule has 0 aromatic rings. The fourth-order valence-corrected chi connectivity index (χ4v) is 1.18. The molecule has 0 amide bonds. The van der Waals surface area contributed by atoms with Crippen molar-refractivity contribution in [2.45, 2.75) is 53.1 Å². The van der Waals surface area contributed by atoms with Crippen molar-refractivity contribution >= 4 is 11.9 Å². The van der Waals surface area contributed by atoms with Crippen molar-refractivity contribution in [3.05, 3.63) is 0 Å². The molecular formula is C13H27N3O2. The molecule has 0 aliphatic carbocycles. The van der Waals surface area contributed by atoms with Gasteiger partial charge in [-0.3, -0.25) is 9.79 Å². The summed E-state index contributed by atoms with van der Waals surface area (Å²) >= 11 is 0. The molecule has 5 heteroatoms. The average Bonchev–Trinajstić information content (AvgIpc) is 2.13. The van der Waals surface area contributed by atoms with Gasteiger partial charge in [0, 0.05) is 13.1 Å². The first kappa shape index (κ1) is 16.7. The highest BCUT2D eigenvalue weighted by atomic mass is 16.6. The average molecular weight is 257 g/mol. The van der Waals surface area contributed by atoms with E-state index in [1.54, 1.807) is 0 Å². The van der Waals surface area contributed by atoms with Crippen LogP contribution in [0, 0.1) is 5.92 Å². The summed E-state index contributed by atoms with van der Waals surface area (Å²) in [5.41, 5.74) is 5.22. The summed E-state index contributed by atoms with van der Waals surface area (Å²) in [7, 11) is 0. The molecule has 0 aromatic carbocycles. The van der Waals surface area contributed by atoms with E-state index in [2.05, 4.69) is 24.2 Å². The zero-order valence-electron chi connectivity index (χ0n) is 12.2. The molecule has 0 unspecified atom stereocenters. The minimum Gasteiger partial charge on any atom is -0.460 e. The van der Waals surface area contributed by atoms with Crippen LogP contribution >= 0.6 is 0 Å². The third-order valence-electron chi connectivity index (χ3n) is 2.04. The number of carbonyl (C=O) groups is 1. The van der Waals surface area contributed by atoms with Gasteiger partial charge in [0.25, 0.3) is 0 Å². The topological polar surface area (TPSA) is 76.7 Å².